The number of rotatable bonds is 0. The van der Waals surface area contributed by atoms with Crippen molar-refractivity contribution in [1.82, 2.24) is 21.3 Å². The zero-order valence-electron chi connectivity index (χ0n) is 8.06. The average molecular weight is 200 g/mol. The van der Waals surface area contributed by atoms with E-state index in [1.54, 1.807) is 0 Å². The van der Waals surface area contributed by atoms with Crippen LogP contribution in [0.5, 0.6) is 0 Å². The first-order valence-corrected chi connectivity index (χ1v) is 4.78. The van der Waals surface area contributed by atoms with E-state index in [2.05, 4.69) is 21.3 Å². The first-order chi connectivity index (χ1) is 6.80. The summed E-state index contributed by atoms with van der Waals surface area (Å²) in [6, 6.07) is 0. The lowest BCUT2D eigenvalue weighted by Crippen LogP contribution is -2.49. The highest BCUT2D eigenvalue weighted by Gasteiger charge is 2.15. The Morgan fingerprint density at radius 3 is 1.21 bits per heavy atom. The van der Waals surface area contributed by atoms with Crippen LogP contribution in [0.2, 0.25) is 0 Å². The molecular formula is C8H16N4O2. The minimum atomic E-state index is -0.531. The molecule has 14 heavy (non-hydrogen) atoms. The fourth-order valence-corrected chi connectivity index (χ4v) is 1.12. The van der Waals surface area contributed by atoms with Crippen molar-refractivity contribution >= 4 is 11.8 Å². The van der Waals surface area contributed by atoms with Crippen molar-refractivity contribution < 1.29 is 9.59 Å². The number of hydrogen-bond donors (Lipinski definition) is 4. The van der Waals surface area contributed by atoms with Gasteiger partial charge in [-0.05, 0) is 0 Å². The zero-order chi connectivity index (χ0) is 10.2. The number of carbonyl (C=O) groups is 2. The van der Waals surface area contributed by atoms with E-state index in [-0.39, 0.29) is 0 Å². The van der Waals surface area contributed by atoms with E-state index in [4.69, 9.17) is 0 Å². The average Bonchev–Trinajstić information content (AvgIpc) is 2.26. The maximum atomic E-state index is 10.3. The van der Waals surface area contributed by atoms with E-state index in [0.717, 1.165) is 26.2 Å². The number of nitrogens with one attached hydrogen (secondary N) is 4. The summed E-state index contributed by atoms with van der Waals surface area (Å²) >= 11 is 0. The van der Waals surface area contributed by atoms with Gasteiger partial charge in [0.2, 0.25) is 0 Å². The molecule has 0 radical (unpaired) electrons. The molecule has 2 heterocycles. The van der Waals surface area contributed by atoms with Gasteiger partial charge in [-0.2, -0.15) is 0 Å². The molecule has 80 valence electrons. The SMILES string of the molecule is C1CNCCN1.O=C1NCCNC1=O. The quantitative estimate of drug-likeness (QED) is 0.323. The van der Waals surface area contributed by atoms with Crippen molar-refractivity contribution in [3.63, 3.8) is 0 Å². The summed E-state index contributed by atoms with van der Waals surface area (Å²) in [5.74, 6) is -1.06. The maximum Gasteiger partial charge on any atom is 0.309 e. The van der Waals surface area contributed by atoms with Gasteiger partial charge < -0.3 is 21.3 Å². The lowest BCUT2D eigenvalue weighted by Gasteiger charge is -2.11. The predicted molar refractivity (Wildman–Crippen MR) is 51.8 cm³/mol. The second kappa shape index (κ2) is 6.33. The number of piperazine rings is 2. The second-order valence-electron chi connectivity index (χ2n) is 3.01. The third-order valence-corrected chi connectivity index (χ3v) is 1.86. The molecule has 0 aromatic rings. The molecule has 2 aliphatic heterocycles. The molecule has 0 aliphatic carbocycles. The Morgan fingerprint density at radius 2 is 1.00 bits per heavy atom. The highest BCUT2D eigenvalue weighted by molar-refractivity contribution is 6.35. The van der Waals surface area contributed by atoms with Crippen molar-refractivity contribution in [2.24, 2.45) is 0 Å². The summed E-state index contributed by atoms with van der Waals surface area (Å²) in [7, 11) is 0. The monoisotopic (exact) mass is 200 g/mol. The van der Waals surface area contributed by atoms with Gasteiger partial charge in [0.25, 0.3) is 0 Å². The molecule has 0 saturated carbocycles. The molecule has 2 rings (SSSR count). The van der Waals surface area contributed by atoms with Gasteiger partial charge in [-0.15, -0.1) is 0 Å². The molecule has 0 bridgehead atoms. The molecule has 2 amide bonds. The molecule has 2 aliphatic rings. The summed E-state index contributed by atoms with van der Waals surface area (Å²) in [6.07, 6.45) is 0. The van der Waals surface area contributed by atoms with Gasteiger partial charge in [0.05, 0.1) is 0 Å². The van der Waals surface area contributed by atoms with Crippen LogP contribution in [-0.2, 0) is 9.59 Å². The van der Waals surface area contributed by atoms with Crippen LogP contribution in [0.25, 0.3) is 0 Å². The summed E-state index contributed by atoms with van der Waals surface area (Å²) in [5, 5.41) is 11.2. The Kier molecular flexibility index (Phi) is 4.95. The van der Waals surface area contributed by atoms with Crippen LogP contribution in [-0.4, -0.2) is 51.1 Å². The van der Waals surface area contributed by atoms with Crippen LogP contribution in [0.15, 0.2) is 0 Å². The van der Waals surface area contributed by atoms with E-state index in [1.165, 1.54) is 0 Å². The smallest absolute Gasteiger partial charge is 0.309 e. The van der Waals surface area contributed by atoms with Crippen LogP contribution in [0.1, 0.15) is 0 Å². The minimum Gasteiger partial charge on any atom is -0.346 e. The zero-order valence-corrected chi connectivity index (χ0v) is 8.06. The summed E-state index contributed by atoms with van der Waals surface area (Å²) in [4.78, 5) is 20.5. The first kappa shape index (κ1) is 10.9. The Hall–Kier alpha value is -1.14. The molecule has 6 heteroatoms. The largest absolute Gasteiger partial charge is 0.346 e. The van der Waals surface area contributed by atoms with Crippen molar-refractivity contribution in [2.45, 2.75) is 0 Å². The second-order valence-corrected chi connectivity index (χ2v) is 3.01. The summed E-state index contributed by atoms with van der Waals surface area (Å²) < 4.78 is 0. The molecule has 0 aromatic heterocycles. The molecular weight excluding hydrogens is 184 g/mol. The normalized spacial score (nSPS) is 21.4. The lowest BCUT2D eigenvalue weighted by atomic mass is 10.4. The topological polar surface area (TPSA) is 82.3 Å². The third kappa shape index (κ3) is 4.20. The predicted octanol–water partition coefficient (Wildman–Crippen LogP) is -2.59. The van der Waals surface area contributed by atoms with Gasteiger partial charge in [-0.1, -0.05) is 0 Å². The highest BCUT2D eigenvalue weighted by Crippen LogP contribution is 1.73. The third-order valence-electron chi connectivity index (χ3n) is 1.86. The van der Waals surface area contributed by atoms with E-state index < -0.39 is 11.8 Å². The Labute approximate surface area is 82.8 Å². The fraction of sp³-hybridized carbons (Fsp3) is 0.750. The van der Waals surface area contributed by atoms with Crippen LogP contribution in [0.4, 0.5) is 0 Å². The molecule has 2 fully saturated rings. The lowest BCUT2D eigenvalue weighted by molar-refractivity contribution is -0.140. The van der Waals surface area contributed by atoms with Crippen LogP contribution < -0.4 is 21.3 Å². The number of amides is 2. The first-order valence-electron chi connectivity index (χ1n) is 4.78. The Balaban J connectivity index is 0.000000146. The molecule has 0 unspecified atom stereocenters. The molecule has 6 nitrogen and oxygen atoms in total. The maximum absolute atomic E-state index is 10.3. The van der Waals surface area contributed by atoms with E-state index in [0.29, 0.717) is 13.1 Å². The van der Waals surface area contributed by atoms with E-state index in [9.17, 15) is 9.59 Å². The number of hydrogen-bond acceptors (Lipinski definition) is 4. The van der Waals surface area contributed by atoms with Crippen LogP contribution in [0, 0.1) is 0 Å². The van der Waals surface area contributed by atoms with Gasteiger partial charge in [0.15, 0.2) is 0 Å². The van der Waals surface area contributed by atoms with Crippen molar-refractivity contribution in [2.75, 3.05) is 39.3 Å². The summed E-state index contributed by atoms with van der Waals surface area (Å²) in [5.41, 5.74) is 0. The van der Waals surface area contributed by atoms with Crippen molar-refractivity contribution in [3.05, 3.63) is 0 Å². The van der Waals surface area contributed by atoms with Gasteiger partial charge >= 0.3 is 11.8 Å². The molecule has 4 N–H and O–H groups in total. The van der Waals surface area contributed by atoms with Gasteiger partial charge in [-0.3, -0.25) is 9.59 Å². The standard InChI is InChI=1S/C4H6N2O2.C4H10N2/c7-3-4(8)6-2-1-5-3;1-2-6-4-3-5-1/h1-2H2,(H,5,7)(H,6,8);5-6H,1-4H2. The minimum absolute atomic E-state index is 0.531. The van der Waals surface area contributed by atoms with Crippen molar-refractivity contribution in [1.29, 1.82) is 0 Å². The Morgan fingerprint density at radius 1 is 0.643 bits per heavy atom. The van der Waals surface area contributed by atoms with Crippen molar-refractivity contribution in [3.8, 4) is 0 Å². The van der Waals surface area contributed by atoms with Gasteiger partial charge in [-0.25, -0.2) is 0 Å². The van der Waals surface area contributed by atoms with Crippen LogP contribution in [0.3, 0.4) is 0 Å². The number of carbonyl (C=O) groups excluding carboxylic acids is 2. The molecule has 0 atom stereocenters. The van der Waals surface area contributed by atoms with E-state index in [1.807, 2.05) is 0 Å². The molecule has 2 saturated heterocycles. The Bertz CT molecular complexity index is 176. The van der Waals surface area contributed by atoms with Crippen LogP contribution >= 0.6 is 0 Å². The molecule has 0 spiro atoms. The fourth-order valence-electron chi connectivity index (χ4n) is 1.12. The summed E-state index contributed by atoms with van der Waals surface area (Å²) in [6.45, 7) is 5.65. The van der Waals surface area contributed by atoms with Gasteiger partial charge in [0, 0.05) is 39.3 Å². The van der Waals surface area contributed by atoms with E-state index >= 15 is 0 Å². The molecule has 0 aromatic carbocycles. The van der Waals surface area contributed by atoms with Gasteiger partial charge in [0.1, 0.15) is 0 Å². The highest BCUT2D eigenvalue weighted by atomic mass is 16.2.